The zero-order chi connectivity index (χ0) is 23.4. The first kappa shape index (κ1) is 22.6. The van der Waals surface area contributed by atoms with Crippen molar-refractivity contribution >= 4 is 27.6 Å². The average Bonchev–Trinajstić information content (AvgIpc) is 3.39. The molecule has 0 radical (unpaired) electrons. The van der Waals surface area contributed by atoms with Crippen molar-refractivity contribution in [3.63, 3.8) is 0 Å². The summed E-state index contributed by atoms with van der Waals surface area (Å²) in [5.74, 6) is -1.24. The highest BCUT2D eigenvalue weighted by atomic mass is 32.2. The van der Waals surface area contributed by atoms with Gasteiger partial charge in [0, 0.05) is 24.7 Å². The number of ether oxygens (including phenoxy) is 1. The Kier molecular flexibility index (Phi) is 6.47. The molecule has 4 rings (SSSR count). The van der Waals surface area contributed by atoms with Crippen LogP contribution in [-0.2, 0) is 19.6 Å². The molecule has 12 heteroatoms. The predicted octanol–water partition coefficient (Wildman–Crippen LogP) is 1.49. The number of methoxy groups -OCH3 is 1. The van der Waals surface area contributed by atoms with E-state index in [0.29, 0.717) is 24.2 Å². The summed E-state index contributed by atoms with van der Waals surface area (Å²) in [4.78, 5) is 24.7. The second-order valence-corrected chi connectivity index (χ2v) is 9.37. The second-order valence-electron chi connectivity index (χ2n) is 7.46. The highest BCUT2D eigenvalue weighted by Gasteiger charge is 2.34. The van der Waals surface area contributed by atoms with Crippen molar-refractivity contribution in [2.45, 2.75) is 17.7 Å². The molecule has 0 bridgehead atoms. The summed E-state index contributed by atoms with van der Waals surface area (Å²) in [5.41, 5.74) is 1.28. The zero-order valence-electron chi connectivity index (χ0n) is 17.8. The van der Waals surface area contributed by atoms with E-state index in [4.69, 9.17) is 4.74 Å². The molecular weight excluding hydrogens is 448 g/mol. The van der Waals surface area contributed by atoms with Crippen molar-refractivity contribution in [3.8, 4) is 5.69 Å². The molecule has 172 valence electrons. The van der Waals surface area contributed by atoms with Gasteiger partial charge in [-0.25, -0.2) is 17.9 Å². The maximum absolute atomic E-state index is 13.1. The van der Waals surface area contributed by atoms with Crippen molar-refractivity contribution in [3.05, 3.63) is 60.4 Å². The van der Waals surface area contributed by atoms with E-state index in [1.165, 1.54) is 34.6 Å². The third-order valence-corrected chi connectivity index (χ3v) is 7.42. The fraction of sp³-hybridized carbons (Fsp3) is 0.286. The number of carbonyl (C=O) groups is 2. The summed E-state index contributed by atoms with van der Waals surface area (Å²) in [6, 6.07) is 13.0. The number of tetrazole rings is 1. The van der Waals surface area contributed by atoms with Gasteiger partial charge in [0.2, 0.25) is 15.9 Å². The number of hydrogen-bond acceptors (Lipinski definition) is 8. The Hall–Kier alpha value is -3.64. The molecule has 1 aliphatic rings. The largest absolute Gasteiger partial charge is 0.465 e. The minimum absolute atomic E-state index is 0.0117. The van der Waals surface area contributed by atoms with E-state index in [1.54, 1.807) is 30.3 Å². The van der Waals surface area contributed by atoms with Crippen LogP contribution in [0.3, 0.4) is 0 Å². The van der Waals surface area contributed by atoms with Crippen LogP contribution in [0.4, 0.5) is 5.69 Å². The molecule has 0 aliphatic carbocycles. The lowest BCUT2D eigenvalue weighted by molar-refractivity contribution is -0.120. The molecule has 0 unspecified atom stereocenters. The van der Waals surface area contributed by atoms with Gasteiger partial charge in [-0.1, -0.05) is 18.2 Å². The maximum atomic E-state index is 13.1. The quantitative estimate of drug-likeness (QED) is 0.535. The number of nitrogens with zero attached hydrogens (tertiary/aromatic N) is 5. The van der Waals surface area contributed by atoms with E-state index in [0.717, 1.165) is 0 Å². The van der Waals surface area contributed by atoms with Gasteiger partial charge in [-0.2, -0.15) is 4.31 Å². The molecule has 1 N–H and O–H groups in total. The number of carbonyl (C=O) groups excluding carboxylic acids is 2. The summed E-state index contributed by atoms with van der Waals surface area (Å²) in [5, 5.41) is 13.9. The fourth-order valence-electron chi connectivity index (χ4n) is 3.72. The Labute approximate surface area is 190 Å². The van der Waals surface area contributed by atoms with Crippen molar-refractivity contribution in [2.75, 3.05) is 25.5 Å². The van der Waals surface area contributed by atoms with Crippen LogP contribution < -0.4 is 5.32 Å². The number of piperidine rings is 1. The van der Waals surface area contributed by atoms with E-state index in [1.807, 2.05) is 6.07 Å². The van der Waals surface area contributed by atoms with Crippen LogP contribution in [0.25, 0.3) is 5.69 Å². The fourth-order valence-corrected chi connectivity index (χ4v) is 5.37. The highest BCUT2D eigenvalue weighted by Crippen LogP contribution is 2.27. The van der Waals surface area contributed by atoms with E-state index in [2.05, 4.69) is 20.8 Å². The van der Waals surface area contributed by atoms with Crippen molar-refractivity contribution in [1.29, 1.82) is 0 Å². The van der Waals surface area contributed by atoms with Crippen LogP contribution in [-0.4, -0.2) is 65.0 Å². The lowest BCUT2D eigenvalue weighted by Crippen LogP contribution is -2.41. The number of nitrogens with one attached hydrogen (secondary N) is 1. The molecule has 1 aliphatic heterocycles. The van der Waals surface area contributed by atoms with Crippen LogP contribution in [0.15, 0.2) is 59.8 Å². The van der Waals surface area contributed by atoms with Gasteiger partial charge in [-0.15, -0.1) is 5.10 Å². The molecule has 0 spiro atoms. The number of benzene rings is 2. The van der Waals surface area contributed by atoms with Gasteiger partial charge in [0.1, 0.15) is 6.33 Å². The first-order valence-corrected chi connectivity index (χ1v) is 11.7. The van der Waals surface area contributed by atoms with E-state index >= 15 is 0 Å². The standard InChI is InChI=1S/C21H22N6O5S/c1-32-21(29)18-7-2-3-8-19(18)33(30,31)26-11-9-15(10-12-26)20(28)23-16-5-4-6-17(13-16)27-14-22-24-25-27/h2-8,13-15H,9-12H2,1H3,(H,23,28). The first-order chi connectivity index (χ1) is 15.9. The number of rotatable bonds is 6. The van der Waals surface area contributed by atoms with Gasteiger partial charge in [0.15, 0.2) is 0 Å². The smallest absolute Gasteiger partial charge is 0.339 e. The second kappa shape index (κ2) is 9.46. The number of hydrogen-bond donors (Lipinski definition) is 1. The third-order valence-electron chi connectivity index (χ3n) is 5.46. The van der Waals surface area contributed by atoms with E-state index in [9.17, 15) is 18.0 Å². The van der Waals surface area contributed by atoms with Crippen LogP contribution in [0, 0.1) is 5.92 Å². The Balaban J connectivity index is 1.42. The van der Waals surface area contributed by atoms with Crippen molar-refractivity contribution < 1.29 is 22.7 Å². The van der Waals surface area contributed by atoms with Gasteiger partial charge in [0.25, 0.3) is 0 Å². The van der Waals surface area contributed by atoms with Crippen LogP contribution in [0.5, 0.6) is 0 Å². The molecule has 11 nitrogen and oxygen atoms in total. The van der Waals surface area contributed by atoms with E-state index in [-0.39, 0.29) is 35.4 Å². The number of aromatic nitrogens is 4. The molecule has 1 amide bonds. The summed E-state index contributed by atoms with van der Waals surface area (Å²) < 4.78 is 33.8. The van der Waals surface area contributed by atoms with Gasteiger partial charge in [-0.3, -0.25) is 4.79 Å². The highest BCUT2D eigenvalue weighted by molar-refractivity contribution is 7.89. The third kappa shape index (κ3) is 4.76. The van der Waals surface area contributed by atoms with Crippen molar-refractivity contribution in [1.82, 2.24) is 24.5 Å². The Morgan fingerprint density at radius 3 is 2.55 bits per heavy atom. The topological polar surface area (TPSA) is 136 Å². The van der Waals surface area contributed by atoms with E-state index < -0.39 is 16.0 Å². The zero-order valence-corrected chi connectivity index (χ0v) is 18.6. The van der Waals surface area contributed by atoms with Gasteiger partial charge in [0.05, 0.1) is 23.3 Å². The molecule has 0 saturated carbocycles. The lowest BCUT2D eigenvalue weighted by Gasteiger charge is -2.31. The Bertz CT molecular complexity index is 1250. The molecule has 0 atom stereocenters. The maximum Gasteiger partial charge on any atom is 0.339 e. The lowest BCUT2D eigenvalue weighted by atomic mass is 9.97. The van der Waals surface area contributed by atoms with Gasteiger partial charge < -0.3 is 10.1 Å². The molecule has 2 heterocycles. The predicted molar refractivity (Wildman–Crippen MR) is 117 cm³/mol. The monoisotopic (exact) mass is 470 g/mol. The van der Waals surface area contributed by atoms with Gasteiger partial charge >= 0.3 is 5.97 Å². The van der Waals surface area contributed by atoms with Gasteiger partial charge in [-0.05, 0) is 53.6 Å². The SMILES string of the molecule is COC(=O)c1ccccc1S(=O)(=O)N1CCC(C(=O)Nc2cccc(-n3cnnn3)c2)CC1. The number of sulfonamides is 1. The molecule has 2 aromatic carbocycles. The summed E-state index contributed by atoms with van der Waals surface area (Å²) in [7, 11) is -2.70. The van der Waals surface area contributed by atoms with Crippen LogP contribution in [0.1, 0.15) is 23.2 Å². The first-order valence-electron chi connectivity index (χ1n) is 10.2. The minimum Gasteiger partial charge on any atom is -0.465 e. The number of amides is 1. The normalized spacial score (nSPS) is 15.2. The summed E-state index contributed by atoms with van der Waals surface area (Å²) >= 11 is 0. The van der Waals surface area contributed by atoms with Crippen molar-refractivity contribution in [2.24, 2.45) is 5.92 Å². The molecule has 33 heavy (non-hydrogen) atoms. The summed E-state index contributed by atoms with van der Waals surface area (Å²) in [6.45, 7) is 0.335. The minimum atomic E-state index is -3.91. The number of esters is 1. The molecular formula is C21H22N6O5S. The molecule has 3 aromatic rings. The Morgan fingerprint density at radius 1 is 1.09 bits per heavy atom. The van der Waals surface area contributed by atoms with Crippen LogP contribution >= 0.6 is 0 Å². The molecule has 1 saturated heterocycles. The summed E-state index contributed by atoms with van der Waals surface area (Å²) in [6.07, 6.45) is 2.17. The average molecular weight is 471 g/mol. The Morgan fingerprint density at radius 2 is 1.85 bits per heavy atom. The molecule has 1 fully saturated rings. The number of anilines is 1. The molecule has 1 aromatic heterocycles. The van der Waals surface area contributed by atoms with Crippen LogP contribution in [0.2, 0.25) is 0 Å².